The lowest BCUT2D eigenvalue weighted by atomic mass is 10.1. The minimum absolute atomic E-state index is 0.0609. The van der Waals surface area contributed by atoms with E-state index in [1.165, 1.54) is 32.1 Å². The molecule has 0 heterocycles. The summed E-state index contributed by atoms with van der Waals surface area (Å²) in [4.78, 5) is 37.2. The predicted molar refractivity (Wildman–Crippen MR) is 170 cm³/mol. The summed E-state index contributed by atoms with van der Waals surface area (Å²) >= 11 is 0. The highest BCUT2D eigenvalue weighted by Crippen LogP contribution is 2.11. The van der Waals surface area contributed by atoms with Crippen LogP contribution >= 0.6 is 0 Å². The maximum atomic E-state index is 12.0. The van der Waals surface area contributed by atoms with Gasteiger partial charge < -0.3 is 25.0 Å². The van der Waals surface area contributed by atoms with Gasteiger partial charge >= 0.3 is 11.9 Å². The highest BCUT2D eigenvalue weighted by atomic mass is 16.6. The summed E-state index contributed by atoms with van der Waals surface area (Å²) in [5.41, 5.74) is 0. The van der Waals surface area contributed by atoms with Gasteiger partial charge in [0.2, 0.25) is 0 Å². The first-order chi connectivity index (χ1) is 20.3. The van der Waals surface area contributed by atoms with Gasteiger partial charge in [0.15, 0.2) is 5.82 Å². The normalized spacial score (nSPS) is 11.6. The molecule has 0 amide bonds. The Labute approximate surface area is 255 Å². The molecule has 0 fully saturated rings. The number of carbonyl (C=O) groups excluding carboxylic acids is 1. The quantitative estimate of drug-likeness (QED) is 0.0377. The Balaban J connectivity index is 4.16. The van der Waals surface area contributed by atoms with Crippen molar-refractivity contribution < 1.29 is 24.4 Å². The minimum atomic E-state index is -0.723. The van der Waals surface area contributed by atoms with E-state index < -0.39 is 10.9 Å². The summed E-state index contributed by atoms with van der Waals surface area (Å²) < 4.78 is 5.38. The van der Waals surface area contributed by atoms with Gasteiger partial charge in [-0.2, -0.15) is 0 Å². The molecule has 0 saturated heterocycles. The molecule has 0 spiro atoms. The van der Waals surface area contributed by atoms with Crippen LogP contribution in [0.15, 0.2) is 12.0 Å². The lowest BCUT2D eigenvalue weighted by Gasteiger charge is -2.23. The zero-order valence-corrected chi connectivity index (χ0v) is 27.1. The van der Waals surface area contributed by atoms with Gasteiger partial charge in [-0.05, 0) is 58.2 Å². The van der Waals surface area contributed by atoms with Crippen LogP contribution in [0.5, 0.6) is 0 Å². The average Bonchev–Trinajstić information content (AvgIpc) is 2.93. The second-order valence-corrected chi connectivity index (χ2v) is 11.6. The van der Waals surface area contributed by atoms with E-state index in [9.17, 15) is 19.7 Å². The van der Waals surface area contributed by atoms with Crippen molar-refractivity contribution >= 4 is 11.9 Å². The molecule has 0 aliphatic heterocycles. The second-order valence-electron chi connectivity index (χ2n) is 11.6. The van der Waals surface area contributed by atoms with E-state index >= 15 is 0 Å². The zero-order valence-electron chi connectivity index (χ0n) is 27.1. The van der Waals surface area contributed by atoms with Crippen molar-refractivity contribution in [2.24, 2.45) is 0 Å². The summed E-state index contributed by atoms with van der Waals surface area (Å²) in [6.07, 6.45) is 21.4. The second kappa shape index (κ2) is 28.7. The van der Waals surface area contributed by atoms with E-state index in [1.807, 2.05) is 0 Å². The third-order valence-electron chi connectivity index (χ3n) is 7.40. The molecule has 42 heavy (non-hydrogen) atoms. The molecule has 10 heteroatoms. The molecule has 0 aliphatic rings. The number of hydrogen-bond donors (Lipinski definition) is 2. The number of unbranched alkanes of at least 4 members (excludes halogenated alkanes) is 14. The number of ether oxygens (including phenoxy) is 1. The third-order valence-corrected chi connectivity index (χ3v) is 7.40. The highest BCUT2D eigenvalue weighted by molar-refractivity contribution is 5.69. The van der Waals surface area contributed by atoms with E-state index in [0.717, 1.165) is 109 Å². The number of nitro groups is 1. The molecule has 10 nitrogen and oxygen atoms in total. The van der Waals surface area contributed by atoms with Crippen molar-refractivity contribution in [1.29, 1.82) is 0 Å². The van der Waals surface area contributed by atoms with Crippen LogP contribution in [0.1, 0.15) is 135 Å². The Morgan fingerprint density at radius 1 is 0.762 bits per heavy atom. The number of nitrogens with zero attached hydrogens (tertiary/aromatic N) is 3. The number of carbonyl (C=O) groups is 2. The van der Waals surface area contributed by atoms with Crippen LogP contribution in [-0.4, -0.2) is 78.6 Å². The van der Waals surface area contributed by atoms with Gasteiger partial charge in [0.05, 0.1) is 11.5 Å². The predicted octanol–water partition coefficient (Wildman–Crippen LogP) is 6.96. The molecule has 2 N–H and O–H groups in total. The van der Waals surface area contributed by atoms with Gasteiger partial charge in [0, 0.05) is 33.5 Å². The van der Waals surface area contributed by atoms with Gasteiger partial charge in [-0.1, -0.05) is 84.0 Å². The monoisotopic (exact) mass is 598 g/mol. The molecule has 0 radical (unpaired) electrons. The smallest absolute Gasteiger partial charge is 0.305 e. The van der Waals surface area contributed by atoms with Crippen molar-refractivity contribution in [3.05, 3.63) is 22.1 Å². The van der Waals surface area contributed by atoms with Crippen molar-refractivity contribution in [3.63, 3.8) is 0 Å². The number of rotatable bonds is 31. The Morgan fingerprint density at radius 3 is 1.81 bits per heavy atom. The summed E-state index contributed by atoms with van der Waals surface area (Å²) in [6, 6.07) is 0. The average molecular weight is 599 g/mol. The number of carboxylic acid groups (broad SMARTS) is 1. The van der Waals surface area contributed by atoms with E-state index in [-0.39, 0.29) is 12.4 Å². The van der Waals surface area contributed by atoms with Gasteiger partial charge in [-0.15, -0.1) is 0 Å². The fourth-order valence-electron chi connectivity index (χ4n) is 4.87. The minimum Gasteiger partial charge on any atom is -0.481 e. The fraction of sp³-hybridized carbons (Fsp3) is 0.875. The third kappa shape index (κ3) is 27.8. The Kier molecular flexibility index (Phi) is 27.1. The lowest BCUT2D eigenvalue weighted by Crippen LogP contribution is -2.32. The molecule has 0 aliphatic carbocycles. The summed E-state index contributed by atoms with van der Waals surface area (Å²) in [5.74, 6) is -0.289. The number of aliphatic carboxylic acids is 1. The molecule has 0 rings (SSSR count). The first kappa shape index (κ1) is 39.6. The number of nitrogens with one attached hydrogen (secondary N) is 1. The van der Waals surface area contributed by atoms with E-state index in [2.05, 4.69) is 17.1 Å². The summed E-state index contributed by atoms with van der Waals surface area (Å²) in [5, 5.41) is 22.8. The van der Waals surface area contributed by atoms with Crippen LogP contribution in [0, 0.1) is 10.1 Å². The first-order valence-corrected chi connectivity index (χ1v) is 16.6. The topological polar surface area (TPSA) is 125 Å². The first-order valence-electron chi connectivity index (χ1n) is 16.6. The molecule has 0 aromatic heterocycles. The molecule has 0 bridgehead atoms. The van der Waals surface area contributed by atoms with Crippen molar-refractivity contribution in [1.82, 2.24) is 15.1 Å². The molecule has 0 atom stereocenters. The largest absolute Gasteiger partial charge is 0.481 e. The number of carboxylic acids is 1. The van der Waals surface area contributed by atoms with Gasteiger partial charge in [-0.25, -0.2) is 0 Å². The molecule has 246 valence electrons. The van der Waals surface area contributed by atoms with Crippen LogP contribution < -0.4 is 5.32 Å². The summed E-state index contributed by atoms with van der Waals surface area (Å²) in [6.45, 7) is 6.40. The molecular weight excluding hydrogens is 536 g/mol. The molecule has 0 unspecified atom stereocenters. The lowest BCUT2D eigenvalue weighted by molar-refractivity contribution is -0.404. The van der Waals surface area contributed by atoms with Gasteiger partial charge in [-0.3, -0.25) is 19.7 Å². The SMILES string of the molecule is CCCCCCCCCOC(=O)CCCCCCCN(CCCCCCCC(=O)O)CCCNC(=C[N+](=O)[O-])N(C)C. The van der Waals surface area contributed by atoms with E-state index in [0.29, 0.717) is 25.4 Å². The van der Waals surface area contributed by atoms with Crippen LogP contribution in [0.3, 0.4) is 0 Å². The van der Waals surface area contributed by atoms with Crippen LogP contribution in [0.4, 0.5) is 0 Å². The van der Waals surface area contributed by atoms with Gasteiger partial charge in [0.25, 0.3) is 6.20 Å². The zero-order chi connectivity index (χ0) is 31.3. The standard InChI is InChI=1S/C32H62N4O6/c1-4-5-6-7-8-15-20-28-42-32(39)23-17-12-10-14-19-26-35(25-18-13-9-11-16-22-31(37)38)27-21-24-33-30(34(2)3)29-36(40)41/h29,33H,4-28H2,1-3H3,(H,37,38). The van der Waals surface area contributed by atoms with Gasteiger partial charge in [0.1, 0.15) is 0 Å². The Hall–Kier alpha value is -2.36. The maximum absolute atomic E-state index is 12.0. The molecule has 0 aromatic rings. The van der Waals surface area contributed by atoms with Crippen LogP contribution in [0.25, 0.3) is 0 Å². The van der Waals surface area contributed by atoms with E-state index in [4.69, 9.17) is 9.84 Å². The highest BCUT2D eigenvalue weighted by Gasteiger charge is 2.08. The molecule has 0 aromatic carbocycles. The van der Waals surface area contributed by atoms with Crippen LogP contribution in [-0.2, 0) is 14.3 Å². The van der Waals surface area contributed by atoms with Crippen molar-refractivity contribution in [2.45, 2.75) is 135 Å². The fourth-order valence-corrected chi connectivity index (χ4v) is 4.87. The molecular formula is C32H62N4O6. The Bertz CT molecular complexity index is 717. The van der Waals surface area contributed by atoms with Crippen molar-refractivity contribution in [3.8, 4) is 0 Å². The molecule has 0 saturated carbocycles. The maximum Gasteiger partial charge on any atom is 0.305 e. The van der Waals surface area contributed by atoms with Crippen LogP contribution in [0.2, 0.25) is 0 Å². The number of hydrogen-bond acceptors (Lipinski definition) is 8. The number of esters is 1. The Morgan fingerprint density at radius 2 is 1.26 bits per heavy atom. The van der Waals surface area contributed by atoms with Crippen molar-refractivity contribution in [2.75, 3.05) is 46.9 Å². The summed E-state index contributed by atoms with van der Waals surface area (Å²) in [7, 11) is 3.57. The van der Waals surface area contributed by atoms with E-state index in [1.54, 1.807) is 19.0 Å².